The quantitative estimate of drug-likeness (QED) is 0.851. The van der Waals surface area contributed by atoms with Crippen molar-refractivity contribution in [3.8, 4) is 5.69 Å². The van der Waals surface area contributed by atoms with Crippen LogP contribution in [0.1, 0.15) is 27.3 Å². The summed E-state index contributed by atoms with van der Waals surface area (Å²) in [5, 5.41) is 11.7. The molecule has 2 N–H and O–H groups in total. The first-order valence-electron chi connectivity index (χ1n) is 7.63. The molecule has 1 unspecified atom stereocenters. The van der Waals surface area contributed by atoms with E-state index in [2.05, 4.69) is 5.32 Å². The Morgan fingerprint density at radius 2 is 1.79 bits per heavy atom. The van der Waals surface area contributed by atoms with Gasteiger partial charge in [-0.25, -0.2) is 4.79 Å². The normalized spacial score (nSPS) is 12.0. The van der Waals surface area contributed by atoms with Gasteiger partial charge in [0, 0.05) is 18.5 Å². The first-order valence-corrected chi connectivity index (χ1v) is 7.63. The molecular weight excluding hydrogens is 308 g/mol. The molecule has 6 heteroatoms. The molecule has 0 aliphatic carbocycles. The number of aliphatic carboxylic acids is 1. The minimum atomic E-state index is -1.13. The summed E-state index contributed by atoms with van der Waals surface area (Å²) in [5.74, 6) is -1.57. The van der Waals surface area contributed by atoms with Gasteiger partial charge >= 0.3 is 5.97 Å². The van der Waals surface area contributed by atoms with Crippen molar-refractivity contribution >= 4 is 11.9 Å². The molecule has 6 nitrogen and oxygen atoms in total. The summed E-state index contributed by atoms with van der Waals surface area (Å²) in [6, 6.07) is 8.41. The fourth-order valence-corrected chi connectivity index (χ4v) is 2.65. The van der Waals surface area contributed by atoms with Gasteiger partial charge in [0.05, 0.1) is 17.9 Å². The molecule has 128 valence electrons. The smallest absolute Gasteiger partial charge is 0.328 e. The molecule has 0 aliphatic rings. The summed E-state index contributed by atoms with van der Waals surface area (Å²) in [5.41, 5.74) is 4.07. The Labute approximate surface area is 141 Å². The van der Waals surface area contributed by atoms with E-state index in [1.165, 1.54) is 7.11 Å². The minimum absolute atomic E-state index is 0.0935. The fourth-order valence-electron chi connectivity index (χ4n) is 2.65. The summed E-state index contributed by atoms with van der Waals surface area (Å²) >= 11 is 0. The molecule has 24 heavy (non-hydrogen) atoms. The largest absolute Gasteiger partial charge is 0.480 e. The molecule has 0 aliphatic heterocycles. The Balaban J connectivity index is 2.44. The highest BCUT2D eigenvalue weighted by Crippen LogP contribution is 2.21. The number of aromatic nitrogens is 1. The van der Waals surface area contributed by atoms with Gasteiger partial charge in [-0.15, -0.1) is 0 Å². The van der Waals surface area contributed by atoms with E-state index in [1.807, 2.05) is 49.6 Å². The van der Waals surface area contributed by atoms with E-state index in [4.69, 9.17) is 4.74 Å². The minimum Gasteiger partial charge on any atom is -0.480 e. The number of aryl methyl sites for hydroxylation is 3. The lowest BCUT2D eigenvalue weighted by molar-refractivity contribution is -0.140. The summed E-state index contributed by atoms with van der Waals surface area (Å²) in [6.07, 6.45) is 0. The molecule has 1 heterocycles. The second kappa shape index (κ2) is 7.31. The lowest BCUT2D eigenvalue weighted by Crippen LogP contribution is -2.44. The van der Waals surface area contributed by atoms with Crippen LogP contribution in [0.2, 0.25) is 0 Å². The van der Waals surface area contributed by atoms with Crippen LogP contribution in [0.5, 0.6) is 0 Å². The summed E-state index contributed by atoms with van der Waals surface area (Å²) in [4.78, 5) is 23.9. The molecule has 0 bridgehead atoms. The molecule has 1 aromatic heterocycles. The molecule has 1 aromatic carbocycles. The average Bonchev–Trinajstić information content (AvgIpc) is 2.85. The number of carbonyl (C=O) groups excluding carboxylic acids is 1. The Hall–Kier alpha value is -2.60. The zero-order chi connectivity index (χ0) is 17.9. The van der Waals surface area contributed by atoms with Crippen LogP contribution in [0.4, 0.5) is 0 Å². The maximum absolute atomic E-state index is 12.7. The van der Waals surface area contributed by atoms with Crippen molar-refractivity contribution in [1.29, 1.82) is 0 Å². The van der Waals surface area contributed by atoms with E-state index in [9.17, 15) is 14.7 Å². The van der Waals surface area contributed by atoms with Crippen LogP contribution in [-0.2, 0) is 9.53 Å². The van der Waals surface area contributed by atoms with Crippen LogP contribution in [0.15, 0.2) is 30.3 Å². The fraction of sp³-hybridized carbons (Fsp3) is 0.333. The average molecular weight is 330 g/mol. The number of methoxy groups -OCH3 is 1. The standard InChI is InChI=1S/C18H22N2O4/c1-11-5-8-16(20-12(2)6-7-13(20)3)14(9-11)17(21)19-15(10-24-4)18(22)23/h5-9,15H,10H2,1-4H3,(H,19,21)(H,22,23). The van der Waals surface area contributed by atoms with Gasteiger partial charge in [0.1, 0.15) is 0 Å². The molecule has 2 aromatic rings. The molecule has 2 rings (SSSR count). The molecule has 1 amide bonds. The Bertz CT molecular complexity index is 745. The van der Waals surface area contributed by atoms with Crippen molar-refractivity contribution in [3.05, 3.63) is 52.8 Å². The van der Waals surface area contributed by atoms with E-state index in [1.54, 1.807) is 6.07 Å². The first kappa shape index (κ1) is 17.7. The maximum atomic E-state index is 12.7. The number of ether oxygens (including phenoxy) is 1. The van der Waals surface area contributed by atoms with Crippen molar-refractivity contribution in [2.24, 2.45) is 0 Å². The Morgan fingerprint density at radius 3 is 2.33 bits per heavy atom. The van der Waals surface area contributed by atoms with Crippen molar-refractivity contribution in [2.75, 3.05) is 13.7 Å². The first-order chi connectivity index (χ1) is 11.3. The number of nitrogens with zero attached hydrogens (tertiary/aromatic N) is 1. The van der Waals surface area contributed by atoms with Gasteiger partial charge in [0.25, 0.3) is 5.91 Å². The molecule has 0 spiro atoms. The van der Waals surface area contributed by atoms with Crippen LogP contribution in [0.3, 0.4) is 0 Å². The molecule has 0 saturated heterocycles. The number of hydrogen-bond donors (Lipinski definition) is 2. The number of nitrogens with one attached hydrogen (secondary N) is 1. The molecule has 0 fully saturated rings. The zero-order valence-electron chi connectivity index (χ0n) is 14.3. The van der Waals surface area contributed by atoms with Crippen molar-refractivity contribution in [1.82, 2.24) is 9.88 Å². The molecular formula is C18H22N2O4. The summed E-state index contributed by atoms with van der Waals surface area (Å²) in [6.45, 7) is 5.71. The van der Waals surface area contributed by atoms with E-state index in [-0.39, 0.29) is 6.61 Å². The number of carboxylic acid groups (broad SMARTS) is 1. The zero-order valence-corrected chi connectivity index (χ0v) is 14.3. The predicted molar refractivity (Wildman–Crippen MR) is 90.7 cm³/mol. The van der Waals surface area contributed by atoms with Crippen molar-refractivity contribution in [3.63, 3.8) is 0 Å². The van der Waals surface area contributed by atoms with Gasteiger partial charge in [0.15, 0.2) is 6.04 Å². The highest BCUT2D eigenvalue weighted by atomic mass is 16.5. The third kappa shape index (κ3) is 3.65. The summed E-state index contributed by atoms with van der Waals surface area (Å²) < 4.78 is 6.84. The number of benzene rings is 1. The summed E-state index contributed by atoms with van der Waals surface area (Å²) in [7, 11) is 1.40. The van der Waals surface area contributed by atoms with E-state index >= 15 is 0 Å². The van der Waals surface area contributed by atoms with Gasteiger partial charge in [-0.2, -0.15) is 0 Å². The highest BCUT2D eigenvalue weighted by Gasteiger charge is 2.23. The van der Waals surface area contributed by atoms with Crippen LogP contribution < -0.4 is 5.32 Å². The number of carboxylic acids is 1. The van der Waals surface area contributed by atoms with E-state index < -0.39 is 17.9 Å². The second-order valence-corrected chi connectivity index (χ2v) is 5.79. The lowest BCUT2D eigenvalue weighted by Gasteiger charge is -2.18. The Morgan fingerprint density at radius 1 is 1.17 bits per heavy atom. The van der Waals surface area contributed by atoms with Crippen LogP contribution in [0, 0.1) is 20.8 Å². The maximum Gasteiger partial charge on any atom is 0.328 e. The predicted octanol–water partition coefficient (Wildman–Crippen LogP) is 2.23. The molecule has 1 atom stereocenters. The number of hydrogen-bond acceptors (Lipinski definition) is 3. The SMILES string of the molecule is COCC(NC(=O)c1cc(C)ccc1-n1c(C)ccc1C)C(=O)O. The van der Waals surface area contributed by atoms with Crippen molar-refractivity contribution in [2.45, 2.75) is 26.8 Å². The van der Waals surface area contributed by atoms with Gasteiger partial charge in [-0.1, -0.05) is 11.6 Å². The lowest BCUT2D eigenvalue weighted by atomic mass is 10.1. The van der Waals surface area contributed by atoms with Crippen LogP contribution >= 0.6 is 0 Å². The van der Waals surface area contributed by atoms with Crippen molar-refractivity contribution < 1.29 is 19.4 Å². The molecule has 0 saturated carbocycles. The Kier molecular flexibility index (Phi) is 5.41. The van der Waals surface area contributed by atoms with E-state index in [0.717, 1.165) is 22.6 Å². The van der Waals surface area contributed by atoms with Gasteiger partial charge in [-0.3, -0.25) is 4.79 Å². The van der Waals surface area contributed by atoms with Gasteiger partial charge < -0.3 is 19.7 Å². The second-order valence-electron chi connectivity index (χ2n) is 5.79. The topological polar surface area (TPSA) is 80.6 Å². The van der Waals surface area contributed by atoms with Gasteiger partial charge in [0.2, 0.25) is 0 Å². The molecule has 0 radical (unpaired) electrons. The number of carbonyl (C=O) groups is 2. The van der Waals surface area contributed by atoms with Crippen LogP contribution in [-0.4, -0.2) is 41.3 Å². The highest BCUT2D eigenvalue weighted by molar-refractivity contribution is 6.00. The van der Waals surface area contributed by atoms with Crippen LogP contribution in [0.25, 0.3) is 5.69 Å². The number of rotatable bonds is 6. The number of amides is 1. The third-order valence-corrected chi connectivity index (χ3v) is 3.85. The third-order valence-electron chi connectivity index (χ3n) is 3.85. The van der Waals surface area contributed by atoms with E-state index in [0.29, 0.717) is 5.56 Å². The monoisotopic (exact) mass is 330 g/mol. The van der Waals surface area contributed by atoms with Gasteiger partial charge in [-0.05, 0) is 45.0 Å².